The van der Waals surface area contributed by atoms with E-state index in [0.29, 0.717) is 24.4 Å². The van der Waals surface area contributed by atoms with Crippen LogP contribution in [0.25, 0.3) is 0 Å². The van der Waals surface area contributed by atoms with Gasteiger partial charge in [-0.3, -0.25) is 14.4 Å². The summed E-state index contributed by atoms with van der Waals surface area (Å²) in [6.07, 6.45) is 2.36. The van der Waals surface area contributed by atoms with Gasteiger partial charge in [0.15, 0.2) is 0 Å². The summed E-state index contributed by atoms with van der Waals surface area (Å²) in [7, 11) is 0. The van der Waals surface area contributed by atoms with Crippen LogP contribution < -0.4 is 0 Å². The molecule has 0 bridgehead atoms. The molecular formula is C17H28N4O2. The van der Waals surface area contributed by atoms with Crippen LogP contribution in [0, 0.1) is 5.92 Å². The zero-order chi connectivity index (χ0) is 16.4. The van der Waals surface area contributed by atoms with Crippen molar-refractivity contribution in [3.63, 3.8) is 0 Å². The molecule has 6 heteroatoms. The van der Waals surface area contributed by atoms with E-state index in [0.717, 1.165) is 45.1 Å². The fourth-order valence-electron chi connectivity index (χ4n) is 3.56. The lowest BCUT2D eigenvalue weighted by Crippen LogP contribution is -2.47. The second-order valence-electron chi connectivity index (χ2n) is 7.05. The van der Waals surface area contributed by atoms with Gasteiger partial charge in [-0.05, 0) is 25.8 Å². The molecule has 1 aromatic heterocycles. The number of aromatic nitrogens is 2. The summed E-state index contributed by atoms with van der Waals surface area (Å²) < 4.78 is 7.35. The largest absolute Gasteiger partial charge is 0.379 e. The lowest BCUT2D eigenvalue weighted by molar-refractivity contribution is -0.129. The Labute approximate surface area is 138 Å². The Bertz CT molecular complexity index is 536. The van der Waals surface area contributed by atoms with Crippen LogP contribution in [0.5, 0.6) is 0 Å². The second-order valence-corrected chi connectivity index (χ2v) is 7.05. The van der Waals surface area contributed by atoms with Crippen LogP contribution in [-0.2, 0) is 16.0 Å². The van der Waals surface area contributed by atoms with Gasteiger partial charge in [-0.1, -0.05) is 6.92 Å². The fourth-order valence-corrected chi connectivity index (χ4v) is 3.56. The molecule has 3 heterocycles. The smallest absolute Gasteiger partial charge is 0.228 e. The maximum Gasteiger partial charge on any atom is 0.228 e. The first-order valence-corrected chi connectivity index (χ1v) is 8.68. The first-order chi connectivity index (χ1) is 11.0. The Hall–Kier alpha value is -1.40. The molecule has 1 aromatic rings. The maximum atomic E-state index is 12.6. The third-order valence-electron chi connectivity index (χ3n) is 4.97. The highest BCUT2D eigenvalue weighted by atomic mass is 16.5. The Morgan fingerprint density at radius 3 is 2.74 bits per heavy atom. The highest BCUT2D eigenvalue weighted by Crippen LogP contribution is 2.23. The lowest BCUT2D eigenvalue weighted by Gasteiger charge is -2.33. The van der Waals surface area contributed by atoms with Crippen molar-refractivity contribution in [1.29, 1.82) is 0 Å². The average Bonchev–Trinajstić information content (AvgIpc) is 3.15. The Morgan fingerprint density at radius 1 is 1.35 bits per heavy atom. The summed E-state index contributed by atoms with van der Waals surface area (Å²) in [6, 6.07) is 2.75. The first kappa shape index (κ1) is 16.5. The van der Waals surface area contributed by atoms with E-state index in [2.05, 4.69) is 30.8 Å². The number of hydrogen-bond donors (Lipinski definition) is 0. The van der Waals surface area contributed by atoms with E-state index in [1.807, 2.05) is 21.8 Å². The summed E-state index contributed by atoms with van der Waals surface area (Å²) in [6.45, 7) is 11.7. The molecule has 23 heavy (non-hydrogen) atoms. The number of carbonyl (C=O) groups is 1. The topological polar surface area (TPSA) is 50.6 Å². The molecule has 2 aliphatic rings. The monoisotopic (exact) mass is 320 g/mol. The number of ether oxygens (including phenoxy) is 1. The molecule has 0 radical (unpaired) electrons. The predicted octanol–water partition coefficient (Wildman–Crippen LogP) is 1.19. The molecule has 0 saturated carbocycles. The Morgan fingerprint density at radius 2 is 2.09 bits per heavy atom. The number of carbonyl (C=O) groups excluding carboxylic acids is 1. The van der Waals surface area contributed by atoms with Crippen LogP contribution in [-0.4, -0.2) is 70.9 Å². The number of likely N-dealkylation sites (tertiary alicyclic amines) is 1. The average molecular weight is 320 g/mol. The minimum atomic E-state index is 0.196. The van der Waals surface area contributed by atoms with E-state index in [1.165, 1.54) is 0 Å². The Kier molecular flexibility index (Phi) is 5.02. The van der Waals surface area contributed by atoms with Crippen LogP contribution >= 0.6 is 0 Å². The van der Waals surface area contributed by atoms with Crippen LogP contribution in [0.1, 0.15) is 32.5 Å². The standard InChI is InChI=1S/C17H28N4O2/c1-13(2)21-5-4-15(18-21)10-17(22)20-11-14(3)16(12-20)19-6-8-23-9-7-19/h4-5,13-14,16H,6-12H2,1-3H3. The van der Waals surface area contributed by atoms with Gasteiger partial charge in [0.1, 0.15) is 0 Å². The fraction of sp³-hybridized carbons (Fsp3) is 0.765. The third kappa shape index (κ3) is 3.75. The normalized spacial score (nSPS) is 26.2. The highest BCUT2D eigenvalue weighted by molar-refractivity contribution is 5.78. The molecule has 2 unspecified atom stereocenters. The van der Waals surface area contributed by atoms with Crippen molar-refractivity contribution in [2.75, 3.05) is 39.4 Å². The molecule has 6 nitrogen and oxygen atoms in total. The van der Waals surface area contributed by atoms with E-state index in [1.54, 1.807) is 0 Å². The van der Waals surface area contributed by atoms with Crippen molar-refractivity contribution < 1.29 is 9.53 Å². The molecule has 2 saturated heterocycles. The van der Waals surface area contributed by atoms with Crippen molar-refractivity contribution >= 4 is 5.91 Å². The molecule has 128 valence electrons. The van der Waals surface area contributed by atoms with Gasteiger partial charge in [-0.2, -0.15) is 5.10 Å². The minimum Gasteiger partial charge on any atom is -0.379 e. The molecule has 2 aliphatic heterocycles. The SMILES string of the molecule is CC1CN(C(=O)Cc2ccn(C(C)C)n2)CC1N1CCOCC1. The summed E-state index contributed by atoms with van der Waals surface area (Å²) in [5.74, 6) is 0.715. The van der Waals surface area contributed by atoms with Crippen molar-refractivity contribution in [2.24, 2.45) is 5.92 Å². The molecule has 0 aromatic carbocycles. The number of nitrogens with zero attached hydrogens (tertiary/aromatic N) is 4. The van der Waals surface area contributed by atoms with Crippen molar-refractivity contribution in [2.45, 2.75) is 39.3 Å². The van der Waals surface area contributed by atoms with Crippen LogP contribution in [0.4, 0.5) is 0 Å². The van der Waals surface area contributed by atoms with Gasteiger partial charge in [-0.25, -0.2) is 0 Å². The van der Waals surface area contributed by atoms with Gasteiger partial charge in [0.2, 0.25) is 5.91 Å². The summed E-state index contributed by atoms with van der Waals surface area (Å²) in [5.41, 5.74) is 0.867. The molecule has 0 N–H and O–H groups in total. The number of hydrogen-bond acceptors (Lipinski definition) is 4. The van der Waals surface area contributed by atoms with E-state index in [-0.39, 0.29) is 5.91 Å². The second kappa shape index (κ2) is 7.01. The number of amides is 1. The number of rotatable bonds is 4. The summed E-state index contributed by atoms with van der Waals surface area (Å²) in [5, 5.41) is 4.49. The molecular weight excluding hydrogens is 292 g/mol. The van der Waals surface area contributed by atoms with E-state index in [4.69, 9.17) is 4.74 Å². The van der Waals surface area contributed by atoms with Gasteiger partial charge < -0.3 is 9.64 Å². The maximum absolute atomic E-state index is 12.6. The van der Waals surface area contributed by atoms with E-state index >= 15 is 0 Å². The molecule has 1 amide bonds. The molecule has 0 spiro atoms. The highest BCUT2D eigenvalue weighted by Gasteiger charge is 2.36. The van der Waals surface area contributed by atoms with Gasteiger partial charge in [0.25, 0.3) is 0 Å². The van der Waals surface area contributed by atoms with Crippen molar-refractivity contribution in [3.05, 3.63) is 18.0 Å². The molecule has 2 fully saturated rings. The molecule has 3 rings (SSSR count). The van der Waals surface area contributed by atoms with Gasteiger partial charge in [0, 0.05) is 44.5 Å². The lowest BCUT2D eigenvalue weighted by atomic mass is 10.0. The van der Waals surface area contributed by atoms with Gasteiger partial charge in [0.05, 0.1) is 25.3 Å². The van der Waals surface area contributed by atoms with E-state index < -0.39 is 0 Å². The quantitative estimate of drug-likeness (QED) is 0.836. The van der Waals surface area contributed by atoms with Crippen LogP contribution in [0.15, 0.2) is 12.3 Å². The minimum absolute atomic E-state index is 0.196. The van der Waals surface area contributed by atoms with E-state index in [9.17, 15) is 4.79 Å². The summed E-state index contributed by atoms with van der Waals surface area (Å²) in [4.78, 5) is 17.1. The van der Waals surface area contributed by atoms with Gasteiger partial charge in [-0.15, -0.1) is 0 Å². The van der Waals surface area contributed by atoms with Crippen molar-refractivity contribution in [3.8, 4) is 0 Å². The zero-order valence-corrected chi connectivity index (χ0v) is 14.4. The number of morpholine rings is 1. The van der Waals surface area contributed by atoms with Crippen molar-refractivity contribution in [1.82, 2.24) is 19.6 Å². The van der Waals surface area contributed by atoms with Gasteiger partial charge >= 0.3 is 0 Å². The zero-order valence-electron chi connectivity index (χ0n) is 14.4. The summed E-state index contributed by atoms with van der Waals surface area (Å²) >= 11 is 0. The molecule has 0 aliphatic carbocycles. The van der Waals surface area contributed by atoms with Crippen LogP contribution in [0.3, 0.4) is 0 Å². The molecule has 2 atom stereocenters. The van der Waals surface area contributed by atoms with Crippen LogP contribution in [0.2, 0.25) is 0 Å². The first-order valence-electron chi connectivity index (χ1n) is 8.68. The predicted molar refractivity (Wildman–Crippen MR) is 88.2 cm³/mol. The Balaban J connectivity index is 1.57. The third-order valence-corrected chi connectivity index (χ3v) is 4.97.